The van der Waals surface area contributed by atoms with E-state index in [0.717, 1.165) is 0 Å². The number of ether oxygens (including phenoxy) is 3. The van der Waals surface area contributed by atoms with E-state index in [4.69, 9.17) is 19.3 Å². The summed E-state index contributed by atoms with van der Waals surface area (Å²) in [7, 11) is 0. The van der Waals surface area contributed by atoms with E-state index in [2.05, 4.69) is 0 Å². The molecule has 3 saturated heterocycles. The van der Waals surface area contributed by atoms with Gasteiger partial charge in [-0.3, -0.25) is 9.59 Å². The summed E-state index contributed by atoms with van der Waals surface area (Å²) in [6, 6.07) is 0. The molecule has 20 heavy (non-hydrogen) atoms. The fraction of sp³-hybridized carbons (Fsp3) is 0.857. The maximum absolute atomic E-state index is 12.3. The molecule has 6 heteroatoms. The molecule has 0 aromatic heterocycles. The van der Waals surface area contributed by atoms with Gasteiger partial charge in [0.1, 0.15) is 6.10 Å². The Balaban J connectivity index is 1.70. The van der Waals surface area contributed by atoms with E-state index in [0.29, 0.717) is 19.3 Å². The molecular formula is C14H20O6. The Hall–Kier alpha value is -1.14. The van der Waals surface area contributed by atoms with Gasteiger partial charge < -0.3 is 19.3 Å². The third-order valence-electron chi connectivity index (χ3n) is 4.96. The first kappa shape index (κ1) is 13.8. The van der Waals surface area contributed by atoms with Gasteiger partial charge in [-0.05, 0) is 26.2 Å². The lowest BCUT2D eigenvalue weighted by Crippen LogP contribution is -2.43. The second-order valence-corrected chi connectivity index (χ2v) is 6.14. The lowest BCUT2D eigenvalue weighted by atomic mass is 9.83. The molecule has 3 aliphatic rings. The molecule has 0 aromatic rings. The van der Waals surface area contributed by atoms with Crippen LogP contribution in [0.4, 0.5) is 0 Å². The fourth-order valence-electron chi connectivity index (χ4n) is 3.32. The summed E-state index contributed by atoms with van der Waals surface area (Å²) in [6.07, 6.45) is 0.0702. The van der Waals surface area contributed by atoms with Crippen LogP contribution in [0.2, 0.25) is 0 Å². The molecule has 0 aliphatic carbocycles. The van der Waals surface area contributed by atoms with E-state index < -0.39 is 17.6 Å². The Morgan fingerprint density at radius 3 is 2.90 bits per heavy atom. The van der Waals surface area contributed by atoms with Crippen molar-refractivity contribution < 1.29 is 28.9 Å². The summed E-state index contributed by atoms with van der Waals surface area (Å²) >= 11 is 0. The summed E-state index contributed by atoms with van der Waals surface area (Å²) in [5.41, 5.74) is -0.710. The van der Waals surface area contributed by atoms with Crippen LogP contribution in [0.25, 0.3) is 0 Å². The zero-order chi connectivity index (χ0) is 14.5. The zero-order valence-corrected chi connectivity index (χ0v) is 11.7. The average Bonchev–Trinajstić information content (AvgIpc) is 3.03. The summed E-state index contributed by atoms with van der Waals surface area (Å²) in [5.74, 6) is -0.778. The lowest BCUT2D eigenvalue weighted by molar-refractivity contribution is -0.171. The van der Waals surface area contributed by atoms with Gasteiger partial charge in [0, 0.05) is 6.61 Å². The third-order valence-corrected chi connectivity index (χ3v) is 4.96. The van der Waals surface area contributed by atoms with Gasteiger partial charge in [-0.15, -0.1) is 0 Å². The van der Waals surface area contributed by atoms with Gasteiger partial charge in [-0.2, -0.15) is 0 Å². The topological polar surface area (TPSA) is 82.1 Å². The predicted molar refractivity (Wildman–Crippen MR) is 66.6 cm³/mol. The molecule has 1 N–H and O–H groups in total. The van der Waals surface area contributed by atoms with Crippen LogP contribution < -0.4 is 0 Å². The minimum atomic E-state index is -0.710. The molecule has 0 amide bonds. The molecule has 6 atom stereocenters. The van der Waals surface area contributed by atoms with Crippen molar-refractivity contribution in [3.63, 3.8) is 0 Å². The summed E-state index contributed by atoms with van der Waals surface area (Å²) in [4.78, 5) is 23.9. The van der Waals surface area contributed by atoms with Crippen LogP contribution in [0.3, 0.4) is 0 Å². The van der Waals surface area contributed by atoms with E-state index in [-0.39, 0.29) is 36.7 Å². The molecule has 112 valence electrons. The smallest absolute Gasteiger partial charge is 0.312 e. The van der Waals surface area contributed by atoms with Crippen LogP contribution >= 0.6 is 0 Å². The molecule has 2 bridgehead atoms. The quantitative estimate of drug-likeness (QED) is 0.736. The van der Waals surface area contributed by atoms with Gasteiger partial charge in [-0.25, -0.2) is 0 Å². The third kappa shape index (κ3) is 1.85. The maximum Gasteiger partial charge on any atom is 0.312 e. The van der Waals surface area contributed by atoms with E-state index in [9.17, 15) is 9.59 Å². The van der Waals surface area contributed by atoms with Crippen molar-refractivity contribution in [2.24, 2.45) is 11.3 Å². The lowest BCUT2D eigenvalue weighted by Gasteiger charge is -2.29. The summed E-state index contributed by atoms with van der Waals surface area (Å²) in [6.45, 7) is 3.61. The highest BCUT2D eigenvalue weighted by Crippen LogP contribution is 2.48. The Bertz CT molecular complexity index is 435. The number of carbonyl (C=O) groups excluding carboxylic acids is 2. The minimum Gasteiger partial charge on any atom is -0.455 e. The van der Waals surface area contributed by atoms with Gasteiger partial charge >= 0.3 is 11.9 Å². The van der Waals surface area contributed by atoms with Gasteiger partial charge in [0.2, 0.25) is 0 Å². The average molecular weight is 284 g/mol. The number of fused-ring (bicyclic) bond motifs is 1. The minimum absolute atomic E-state index is 0.0624. The van der Waals surface area contributed by atoms with Gasteiger partial charge in [0.25, 0.3) is 0 Å². The molecule has 0 radical (unpaired) electrons. The van der Waals surface area contributed by atoms with Crippen molar-refractivity contribution >= 4 is 11.9 Å². The second-order valence-electron chi connectivity index (χ2n) is 6.14. The first-order chi connectivity index (χ1) is 9.50. The molecule has 0 saturated carbocycles. The molecule has 6 nitrogen and oxygen atoms in total. The van der Waals surface area contributed by atoms with Crippen LogP contribution in [0.15, 0.2) is 0 Å². The highest BCUT2D eigenvalue weighted by atomic mass is 16.7. The molecule has 3 rings (SSSR count). The zero-order valence-electron chi connectivity index (χ0n) is 11.7. The number of rotatable bonds is 5. The summed E-state index contributed by atoms with van der Waals surface area (Å²) < 4.78 is 16.5. The highest BCUT2D eigenvalue weighted by molar-refractivity contribution is 5.79. The van der Waals surface area contributed by atoms with E-state index in [1.165, 1.54) is 0 Å². The molecule has 3 fully saturated rings. The van der Waals surface area contributed by atoms with Gasteiger partial charge in [0.15, 0.2) is 12.2 Å². The van der Waals surface area contributed by atoms with Crippen LogP contribution in [-0.2, 0) is 23.8 Å². The molecule has 3 heterocycles. The van der Waals surface area contributed by atoms with Crippen LogP contribution in [0.5, 0.6) is 0 Å². The SMILES string of the molecule is CCC(C)(CCO)C(=O)OC1C2CC3C(=O)OC1C3O2. The van der Waals surface area contributed by atoms with Crippen molar-refractivity contribution in [3.05, 3.63) is 0 Å². The van der Waals surface area contributed by atoms with Crippen LogP contribution in [0, 0.1) is 11.3 Å². The maximum atomic E-state index is 12.3. The monoisotopic (exact) mass is 284 g/mol. The van der Waals surface area contributed by atoms with Crippen LogP contribution in [-0.4, -0.2) is 48.1 Å². The van der Waals surface area contributed by atoms with Crippen molar-refractivity contribution in [1.29, 1.82) is 0 Å². The number of aliphatic hydroxyl groups excluding tert-OH is 1. The van der Waals surface area contributed by atoms with Crippen molar-refractivity contribution in [3.8, 4) is 0 Å². The molecule has 3 aliphatic heterocycles. The molecule has 0 spiro atoms. The van der Waals surface area contributed by atoms with E-state index >= 15 is 0 Å². The largest absolute Gasteiger partial charge is 0.455 e. The van der Waals surface area contributed by atoms with Crippen molar-refractivity contribution in [1.82, 2.24) is 0 Å². The predicted octanol–water partition coefficient (Wildman–Crippen LogP) is 0.410. The highest BCUT2D eigenvalue weighted by Gasteiger charge is 2.65. The number of esters is 2. The Morgan fingerprint density at radius 2 is 2.25 bits per heavy atom. The normalized spacial score (nSPS) is 40.5. The molecule has 0 aromatic carbocycles. The van der Waals surface area contributed by atoms with Crippen molar-refractivity contribution in [2.45, 2.75) is 57.5 Å². The van der Waals surface area contributed by atoms with Crippen molar-refractivity contribution in [2.75, 3.05) is 6.61 Å². The summed E-state index contributed by atoms with van der Waals surface area (Å²) in [5, 5.41) is 9.09. The number of aliphatic hydroxyl groups is 1. The standard InChI is InChI=1S/C14H20O6/c1-3-14(2,4-5-15)13(17)20-10-8-6-7-9(18-8)11(10)19-12(7)16/h7-11,15H,3-6H2,1-2H3. The Morgan fingerprint density at radius 1 is 1.50 bits per heavy atom. The number of hydrogen-bond acceptors (Lipinski definition) is 6. The van der Waals surface area contributed by atoms with Gasteiger partial charge in [-0.1, -0.05) is 6.92 Å². The Kier molecular flexibility index (Phi) is 3.25. The van der Waals surface area contributed by atoms with Crippen LogP contribution in [0.1, 0.15) is 33.1 Å². The molecule has 6 unspecified atom stereocenters. The fourth-order valence-corrected chi connectivity index (χ4v) is 3.32. The van der Waals surface area contributed by atoms with E-state index in [1.807, 2.05) is 6.92 Å². The molecular weight excluding hydrogens is 264 g/mol. The van der Waals surface area contributed by atoms with Gasteiger partial charge in [0.05, 0.1) is 17.4 Å². The first-order valence-electron chi connectivity index (χ1n) is 7.18. The number of hydrogen-bond donors (Lipinski definition) is 1. The number of carbonyl (C=O) groups is 2. The second kappa shape index (κ2) is 4.70. The first-order valence-corrected chi connectivity index (χ1v) is 7.18. The van der Waals surface area contributed by atoms with E-state index in [1.54, 1.807) is 6.92 Å². The Labute approximate surface area is 117 Å².